The molecular weight excluding hydrogens is 268 g/mol. The number of thiophene rings is 1. The van der Waals surface area contributed by atoms with Gasteiger partial charge in [0.05, 0.1) is 0 Å². The molecule has 102 valence electrons. The van der Waals surface area contributed by atoms with Gasteiger partial charge < -0.3 is 5.32 Å². The van der Waals surface area contributed by atoms with Crippen molar-refractivity contribution in [2.24, 2.45) is 5.92 Å². The molecule has 1 aliphatic rings. The van der Waals surface area contributed by atoms with Crippen molar-refractivity contribution in [2.45, 2.75) is 44.0 Å². The van der Waals surface area contributed by atoms with E-state index in [0.29, 0.717) is 10.1 Å². The molecule has 1 aliphatic carbocycles. The zero-order chi connectivity index (χ0) is 13.3. The zero-order valence-electron chi connectivity index (χ0n) is 11.0. The summed E-state index contributed by atoms with van der Waals surface area (Å²) in [6.45, 7) is 7.68. The quantitative estimate of drug-likeness (QED) is 0.840. The topological polar surface area (TPSA) is 58.2 Å². The van der Waals surface area contributed by atoms with Crippen LogP contribution in [0.3, 0.4) is 0 Å². The first-order valence-electron chi connectivity index (χ1n) is 6.26. The van der Waals surface area contributed by atoms with E-state index in [9.17, 15) is 8.42 Å². The molecule has 2 unspecified atom stereocenters. The number of sulfonamides is 1. The van der Waals surface area contributed by atoms with Crippen LogP contribution < -0.4 is 10.0 Å². The second-order valence-electron chi connectivity index (χ2n) is 4.89. The van der Waals surface area contributed by atoms with Crippen LogP contribution in [0.1, 0.15) is 30.7 Å². The normalized spacial score (nSPS) is 23.3. The Kier molecular flexibility index (Phi) is 4.11. The van der Waals surface area contributed by atoms with Gasteiger partial charge in [-0.05, 0) is 37.4 Å². The van der Waals surface area contributed by atoms with E-state index >= 15 is 0 Å². The van der Waals surface area contributed by atoms with E-state index in [4.69, 9.17) is 0 Å². The van der Waals surface area contributed by atoms with Gasteiger partial charge in [-0.1, -0.05) is 13.8 Å². The maximum atomic E-state index is 12.1. The Bertz CT molecular complexity index is 522. The van der Waals surface area contributed by atoms with Crippen molar-refractivity contribution in [3.63, 3.8) is 0 Å². The summed E-state index contributed by atoms with van der Waals surface area (Å²) in [5.74, 6) is 0.474. The Morgan fingerprint density at radius 2 is 2.17 bits per heavy atom. The minimum Gasteiger partial charge on any atom is -0.312 e. The van der Waals surface area contributed by atoms with Gasteiger partial charge in [-0.15, -0.1) is 11.3 Å². The molecule has 0 amide bonds. The minimum atomic E-state index is -3.32. The average Bonchev–Trinajstić information content (AvgIpc) is 2.83. The molecular formula is C12H20N2O2S2. The van der Waals surface area contributed by atoms with Crippen LogP contribution in [0.15, 0.2) is 10.3 Å². The highest BCUT2D eigenvalue weighted by Crippen LogP contribution is 2.32. The molecule has 1 fully saturated rings. The summed E-state index contributed by atoms with van der Waals surface area (Å²) in [4.78, 5) is 1.10. The first-order chi connectivity index (χ1) is 8.44. The highest BCUT2D eigenvalue weighted by molar-refractivity contribution is 7.91. The van der Waals surface area contributed by atoms with Gasteiger partial charge in [-0.3, -0.25) is 0 Å². The highest BCUT2D eigenvalue weighted by atomic mass is 32.2. The lowest BCUT2D eigenvalue weighted by molar-refractivity contribution is 0.580. The third kappa shape index (κ3) is 3.12. The van der Waals surface area contributed by atoms with E-state index in [1.807, 2.05) is 13.8 Å². The van der Waals surface area contributed by atoms with E-state index < -0.39 is 10.0 Å². The van der Waals surface area contributed by atoms with Gasteiger partial charge in [0.2, 0.25) is 10.0 Å². The molecule has 6 heteroatoms. The van der Waals surface area contributed by atoms with Crippen LogP contribution in [-0.4, -0.2) is 21.0 Å². The number of nitrogens with one attached hydrogen (secondary N) is 2. The largest absolute Gasteiger partial charge is 0.312 e. The molecule has 2 rings (SSSR count). The number of aryl methyl sites for hydroxylation is 1. The van der Waals surface area contributed by atoms with Gasteiger partial charge in [0.15, 0.2) is 0 Å². The maximum absolute atomic E-state index is 12.1. The molecule has 1 aromatic rings. The third-order valence-corrected chi connectivity index (χ3v) is 6.42. The fraction of sp³-hybridized carbons (Fsp3) is 0.667. The minimum absolute atomic E-state index is 0.134. The smallest absolute Gasteiger partial charge is 0.250 e. The molecule has 1 saturated carbocycles. The summed E-state index contributed by atoms with van der Waals surface area (Å²) < 4.78 is 27.5. The standard InChI is InChI=1S/C12H20N2O2S2/c1-4-13-7-11-9(3)6-12(17-11)18(15,16)14-10-5-8(10)2/h6,8,10,13-14H,4-5,7H2,1-3H3. The van der Waals surface area contributed by atoms with Gasteiger partial charge in [0.1, 0.15) is 4.21 Å². The molecule has 0 aliphatic heterocycles. The molecule has 2 N–H and O–H groups in total. The summed E-state index contributed by atoms with van der Waals surface area (Å²) >= 11 is 1.36. The third-order valence-electron chi connectivity index (χ3n) is 3.21. The lowest BCUT2D eigenvalue weighted by Crippen LogP contribution is -2.26. The SMILES string of the molecule is CCNCc1sc(S(=O)(=O)NC2CC2C)cc1C. The molecule has 1 aromatic heterocycles. The lowest BCUT2D eigenvalue weighted by Gasteiger charge is -2.02. The van der Waals surface area contributed by atoms with Crippen molar-refractivity contribution in [3.05, 3.63) is 16.5 Å². The molecule has 18 heavy (non-hydrogen) atoms. The fourth-order valence-electron chi connectivity index (χ4n) is 1.78. The predicted molar refractivity (Wildman–Crippen MR) is 74.3 cm³/mol. The highest BCUT2D eigenvalue weighted by Gasteiger charge is 2.36. The van der Waals surface area contributed by atoms with Crippen molar-refractivity contribution >= 4 is 21.4 Å². The Hall–Kier alpha value is -0.430. The van der Waals surface area contributed by atoms with Gasteiger partial charge >= 0.3 is 0 Å². The first kappa shape index (κ1) is 14.0. The van der Waals surface area contributed by atoms with Gasteiger partial charge in [-0.2, -0.15) is 0 Å². The van der Waals surface area contributed by atoms with Gasteiger partial charge in [0.25, 0.3) is 0 Å². The molecule has 1 heterocycles. The van der Waals surface area contributed by atoms with Crippen molar-refractivity contribution in [1.82, 2.24) is 10.0 Å². The number of rotatable bonds is 6. The van der Waals surface area contributed by atoms with Crippen LogP contribution in [0.25, 0.3) is 0 Å². The van der Waals surface area contributed by atoms with Gasteiger partial charge in [-0.25, -0.2) is 13.1 Å². The van der Waals surface area contributed by atoms with Crippen molar-refractivity contribution < 1.29 is 8.42 Å². The second kappa shape index (κ2) is 5.28. The van der Waals surface area contributed by atoms with E-state index in [2.05, 4.69) is 17.0 Å². The Morgan fingerprint density at radius 1 is 1.50 bits per heavy atom. The van der Waals surface area contributed by atoms with Crippen LogP contribution in [0, 0.1) is 12.8 Å². The van der Waals surface area contributed by atoms with Crippen LogP contribution in [0.4, 0.5) is 0 Å². The summed E-state index contributed by atoms with van der Waals surface area (Å²) in [6, 6.07) is 1.90. The molecule has 0 saturated heterocycles. The predicted octanol–water partition coefficient (Wildman–Crippen LogP) is 1.85. The van der Waals surface area contributed by atoms with Crippen molar-refractivity contribution in [3.8, 4) is 0 Å². The number of hydrogen-bond donors (Lipinski definition) is 2. The van der Waals surface area contributed by atoms with E-state index in [1.54, 1.807) is 6.07 Å². The van der Waals surface area contributed by atoms with Crippen LogP contribution in [0.5, 0.6) is 0 Å². The number of hydrogen-bond acceptors (Lipinski definition) is 4. The fourth-order valence-corrected chi connectivity index (χ4v) is 4.71. The summed E-state index contributed by atoms with van der Waals surface area (Å²) in [7, 11) is -3.32. The molecule has 4 nitrogen and oxygen atoms in total. The average molecular weight is 288 g/mol. The monoisotopic (exact) mass is 288 g/mol. The molecule has 0 spiro atoms. The van der Waals surface area contributed by atoms with Crippen LogP contribution in [0.2, 0.25) is 0 Å². The van der Waals surface area contributed by atoms with E-state index in [-0.39, 0.29) is 6.04 Å². The van der Waals surface area contributed by atoms with Crippen LogP contribution in [-0.2, 0) is 16.6 Å². The van der Waals surface area contributed by atoms with Crippen molar-refractivity contribution in [2.75, 3.05) is 6.54 Å². The molecule has 0 aromatic carbocycles. The lowest BCUT2D eigenvalue weighted by atomic mass is 10.3. The Balaban J connectivity index is 2.12. The Morgan fingerprint density at radius 3 is 2.72 bits per heavy atom. The van der Waals surface area contributed by atoms with Crippen molar-refractivity contribution in [1.29, 1.82) is 0 Å². The maximum Gasteiger partial charge on any atom is 0.250 e. The van der Waals surface area contributed by atoms with E-state index in [1.165, 1.54) is 11.3 Å². The summed E-state index contributed by atoms with van der Waals surface area (Å²) in [5.41, 5.74) is 1.05. The molecule has 0 radical (unpaired) electrons. The summed E-state index contributed by atoms with van der Waals surface area (Å²) in [6.07, 6.45) is 0.952. The van der Waals surface area contributed by atoms with Gasteiger partial charge in [0, 0.05) is 17.5 Å². The second-order valence-corrected chi connectivity index (χ2v) is 7.97. The van der Waals surface area contributed by atoms with E-state index in [0.717, 1.165) is 30.0 Å². The first-order valence-corrected chi connectivity index (χ1v) is 8.56. The van der Waals surface area contributed by atoms with Crippen LogP contribution >= 0.6 is 11.3 Å². The Labute approximate surface area is 113 Å². The molecule has 0 bridgehead atoms. The zero-order valence-corrected chi connectivity index (χ0v) is 12.6. The summed E-state index contributed by atoms with van der Waals surface area (Å²) in [5, 5.41) is 3.23. The molecule has 2 atom stereocenters.